The molecule has 4 atom stereocenters. The molecule has 220 valence electrons. The third-order valence-corrected chi connectivity index (χ3v) is 8.61. The number of alkyl halides is 6. The van der Waals surface area contributed by atoms with Gasteiger partial charge in [-0.1, -0.05) is 12.1 Å². The van der Waals surface area contributed by atoms with E-state index in [-0.39, 0.29) is 35.3 Å². The van der Waals surface area contributed by atoms with Crippen LogP contribution >= 0.6 is 0 Å². The van der Waals surface area contributed by atoms with Gasteiger partial charge in [-0.05, 0) is 54.6 Å². The summed E-state index contributed by atoms with van der Waals surface area (Å²) in [5, 5.41) is 11.5. The van der Waals surface area contributed by atoms with E-state index < -0.39 is 52.0 Å². The van der Waals surface area contributed by atoms with Crippen molar-refractivity contribution < 1.29 is 49.9 Å². The average Bonchev–Trinajstić information content (AvgIpc) is 2.91. The van der Waals surface area contributed by atoms with Gasteiger partial charge in [0.2, 0.25) is 0 Å². The smallest absolute Gasteiger partial charge is 0.453 e. The number of para-hydroxylation sites is 2. The SMILES string of the molecule is CN=S(=O)(NC1COCC(N2c3ccccc3Oc3cc(C(F)(F)F)ccc32)C1O)c1ccc(OC(F)(F)F)cc1. The average molecular weight is 604 g/mol. The number of anilines is 2. The Balaban J connectivity index is 1.45. The van der Waals surface area contributed by atoms with E-state index in [1.54, 1.807) is 29.2 Å². The molecule has 0 aliphatic carbocycles. The maximum atomic E-state index is 13.7. The van der Waals surface area contributed by atoms with Crippen molar-refractivity contribution in [3.05, 3.63) is 72.3 Å². The molecule has 2 aliphatic rings. The molecule has 0 aromatic heterocycles. The van der Waals surface area contributed by atoms with Gasteiger partial charge >= 0.3 is 12.5 Å². The number of hydrogen-bond donors (Lipinski definition) is 2. The quantitative estimate of drug-likeness (QED) is 0.367. The van der Waals surface area contributed by atoms with Crippen LogP contribution in [0.2, 0.25) is 0 Å². The number of fused-ring (bicyclic) bond motifs is 2. The Kier molecular flexibility index (Phi) is 7.57. The third-order valence-electron chi connectivity index (χ3n) is 6.56. The summed E-state index contributed by atoms with van der Waals surface area (Å²) in [6.07, 6.45) is -10.8. The van der Waals surface area contributed by atoms with E-state index in [0.29, 0.717) is 5.69 Å². The van der Waals surface area contributed by atoms with Gasteiger partial charge in [0.25, 0.3) is 0 Å². The number of ether oxygens (including phenoxy) is 3. The molecule has 2 aliphatic heterocycles. The van der Waals surface area contributed by atoms with Crippen molar-refractivity contribution in [2.75, 3.05) is 25.2 Å². The Bertz CT molecular complexity index is 1540. The Morgan fingerprint density at radius 3 is 2.32 bits per heavy atom. The number of nitrogens with one attached hydrogen (secondary N) is 1. The molecule has 3 aromatic carbocycles. The Hall–Kier alpha value is -3.53. The molecule has 0 amide bonds. The molecule has 0 bridgehead atoms. The maximum Gasteiger partial charge on any atom is 0.573 e. The van der Waals surface area contributed by atoms with Gasteiger partial charge in [0.15, 0.2) is 11.5 Å². The van der Waals surface area contributed by atoms with Crippen LogP contribution in [0.1, 0.15) is 5.56 Å². The van der Waals surface area contributed by atoms with Crippen molar-refractivity contribution in [3.63, 3.8) is 0 Å². The zero-order valence-electron chi connectivity index (χ0n) is 21.1. The molecule has 2 N–H and O–H groups in total. The van der Waals surface area contributed by atoms with Crippen LogP contribution in [-0.2, 0) is 20.8 Å². The summed E-state index contributed by atoms with van der Waals surface area (Å²) in [5.74, 6) is -0.331. The van der Waals surface area contributed by atoms with Crippen LogP contribution in [0.4, 0.5) is 37.7 Å². The Morgan fingerprint density at radius 2 is 1.66 bits per heavy atom. The monoisotopic (exact) mass is 603 g/mol. The van der Waals surface area contributed by atoms with E-state index in [9.17, 15) is 35.7 Å². The molecule has 1 saturated heterocycles. The molecule has 4 unspecified atom stereocenters. The second-order valence-electron chi connectivity index (χ2n) is 9.17. The summed E-state index contributed by atoms with van der Waals surface area (Å²) in [5.41, 5.74) is -0.188. The highest BCUT2D eigenvalue weighted by Gasteiger charge is 2.42. The highest BCUT2D eigenvalue weighted by molar-refractivity contribution is 7.91. The molecule has 2 heterocycles. The van der Waals surface area contributed by atoms with Crippen LogP contribution in [0.3, 0.4) is 0 Å². The van der Waals surface area contributed by atoms with E-state index in [4.69, 9.17) is 9.47 Å². The molecular formula is C26H23F6N3O5S. The van der Waals surface area contributed by atoms with E-state index in [1.807, 2.05) is 0 Å². The molecule has 5 rings (SSSR count). The van der Waals surface area contributed by atoms with Gasteiger partial charge in [-0.25, -0.2) is 13.3 Å². The fraction of sp³-hybridized carbons (Fsp3) is 0.308. The number of halogens is 6. The van der Waals surface area contributed by atoms with Crippen molar-refractivity contribution in [2.45, 2.75) is 35.6 Å². The van der Waals surface area contributed by atoms with Gasteiger partial charge in [-0.2, -0.15) is 13.2 Å². The molecule has 0 saturated carbocycles. The van der Waals surface area contributed by atoms with Gasteiger partial charge in [0.1, 0.15) is 15.7 Å². The topological polar surface area (TPSA) is 92.6 Å². The lowest BCUT2D eigenvalue weighted by atomic mass is 9.98. The number of aliphatic hydroxyl groups excluding tert-OH is 1. The van der Waals surface area contributed by atoms with Crippen LogP contribution in [-0.4, -0.2) is 54.1 Å². The molecule has 3 aromatic rings. The number of hydrogen-bond acceptors (Lipinski definition) is 7. The molecule has 41 heavy (non-hydrogen) atoms. The molecule has 1 fully saturated rings. The van der Waals surface area contributed by atoms with E-state index in [1.165, 1.54) is 13.1 Å². The number of aliphatic hydroxyl groups is 1. The van der Waals surface area contributed by atoms with Gasteiger partial charge in [0, 0.05) is 7.05 Å². The highest BCUT2D eigenvalue weighted by atomic mass is 32.2. The fourth-order valence-corrected chi connectivity index (χ4v) is 6.26. The third kappa shape index (κ3) is 5.93. The predicted octanol–water partition coefficient (Wildman–Crippen LogP) is 5.64. The van der Waals surface area contributed by atoms with Crippen LogP contribution in [0.5, 0.6) is 17.2 Å². The second-order valence-corrected chi connectivity index (χ2v) is 11.3. The summed E-state index contributed by atoms with van der Waals surface area (Å²) in [6, 6.07) is 12.0. The van der Waals surface area contributed by atoms with Crippen LogP contribution < -0.4 is 19.1 Å². The van der Waals surface area contributed by atoms with E-state index in [0.717, 1.165) is 36.4 Å². The minimum absolute atomic E-state index is 0.0330. The molecule has 0 spiro atoms. The van der Waals surface area contributed by atoms with Crippen molar-refractivity contribution in [2.24, 2.45) is 4.36 Å². The minimum atomic E-state index is -4.90. The second kappa shape index (κ2) is 10.7. The summed E-state index contributed by atoms with van der Waals surface area (Å²) in [4.78, 5) is 1.65. The van der Waals surface area contributed by atoms with Crippen LogP contribution in [0, 0.1) is 0 Å². The Labute approximate surface area is 230 Å². The van der Waals surface area contributed by atoms with Gasteiger partial charge < -0.3 is 24.2 Å². The fourth-order valence-electron chi connectivity index (χ4n) is 4.69. The first-order valence-electron chi connectivity index (χ1n) is 12.1. The first-order chi connectivity index (χ1) is 19.3. The van der Waals surface area contributed by atoms with Crippen molar-refractivity contribution in [1.82, 2.24) is 4.72 Å². The van der Waals surface area contributed by atoms with E-state index >= 15 is 0 Å². The maximum absolute atomic E-state index is 13.7. The van der Waals surface area contributed by atoms with Crippen molar-refractivity contribution in [3.8, 4) is 17.2 Å². The van der Waals surface area contributed by atoms with Crippen molar-refractivity contribution >= 4 is 21.3 Å². The number of rotatable bonds is 5. The summed E-state index contributed by atoms with van der Waals surface area (Å²) < 4.78 is 114. The molecule has 15 heteroatoms. The lowest BCUT2D eigenvalue weighted by Gasteiger charge is -2.44. The minimum Gasteiger partial charge on any atom is -0.453 e. The molecule has 8 nitrogen and oxygen atoms in total. The summed E-state index contributed by atoms with van der Waals surface area (Å²) in [7, 11) is -2.22. The Morgan fingerprint density at radius 1 is 0.976 bits per heavy atom. The van der Waals surface area contributed by atoms with Crippen LogP contribution in [0.25, 0.3) is 0 Å². The number of nitrogens with zero attached hydrogens (tertiary/aromatic N) is 2. The summed E-state index contributed by atoms with van der Waals surface area (Å²) in [6.45, 7) is -0.145. The number of benzene rings is 3. The summed E-state index contributed by atoms with van der Waals surface area (Å²) >= 11 is 0. The van der Waals surface area contributed by atoms with Gasteiger partial charge in [-0.3, -0.25) is 0 Å². The standard InChI is InChI=1S/C26H23F6N3O5S/c1-33-41(37,17-9-7-16(8-10-17)40-26(30,31)32)34-18-13-38-14-21(24(18)36)35-19-4-2-3-5-22(19)39-23-12-15(25(27,28)29)6-11-20(23)35/h2-12,18,21,24,36H,13-14H2,1H3,(H,33,34,37). The highest BCUT2D eigenvalue weighted by Crippen LogP contribution is 2.50. The van der Waals surface area contributed by atoms with Gasteiger partial charge in [0.05, 0.1) is 53.2 Å². The zero-order chi connectivity index (χ0) is 29.6. The first-order valence-corrected chi connectivity index (χ1v) is 13.6. The lowest BCUT2D eigenvalue weighted by molar-refractivity contribution is -0.274. The normalized spacial score (nSPS) is 22.1. The van der Waals surface area contributed by atoms with Crippen molar-refractivity contribution in [1.29, 1.82) is 0 Å². The largest absolute Gasteiger partial charge is 0.573 e. The lowest BCUT2D eigenvalue weighted by Crippen LogP contribution is -2.60. The van der Waals surface area contributed by atoms with Gasteiger partial charge in [-0.15, -0.1) is 13.2 Å². The first kappa shape index (κ1) is 29.0. The predicted molar refractivity (Wildman–Crippen MR) is 136 cm³/mol. The van der Waals surface area contributed by atoms with Crippen LogP contribution in [0.15, 0.2) is 76.0 Å². The molecule has 0 radical (unpaired) electrons. The molecular weight excluding hydrogens is 580 g/mol. The zero-order valence-corrected chi connectivity index (χ0v) is 22.0. The van der Waals surface area contributed by atoms with E-state index in [2.05, 4.69) is 13.8 Å².